The summed E-state index contributed by atoms with van der Waals surface area (Å²) in [4.78, 5) is 6.46. The van der Waals surface area contributed by atoms with E-state index in [1.54, 1.807) is 6.26 Å². The Hall–Kier alpha value is -2.23. The van der Waals surface area contributed by atoms with E-state index in [-0.39, 0.29) is 0 Å². The highest BCUT2D eigenvalue weighted by molar-refractivity contribution is 5.79. The maximum absolute atomic E-state index is 5.40. The second-order valence-electron chi connectivity index (χ2n) is 5.80. The van der Waals surface area contributed by atoms with E-state index in [4.69, 9.17) is 4.42 Å². The number of rotatable bonds is 4. The van der Waals surface area contributed by atoms with E-state index >= 15 is 0 Å². The van der Waals surface area contributed by atoms with Crippen LogP contribution in [-0.2, 0) is 13.0 Å². The molecule has 0 bridgehead atoms. The molecule has 0 saturated heterocycles. The molecule has 2 aromatic rings. The zero-order valence-corrected chi connectivity index (χ0v) is 13.2. The molecule has 1 atom stereocenters. The Bertz CT molecular complexity index is 634. The fourth-order valence-corrected chi connectivity index (χ4v) is 3.17. The summed E-state index contributed by atoms with van der Waals surface area (Å²) in [5.41, 5.74) is 2.98. The van der Waals surface area contributed by atoms with Crippen LogP contribution in [0, 0.1) is 0 Å². The quantitative estimate of drug-likeness (QED) is 0.696. The largest absolute Gasteiger partial charge is 0.467 e. The van der Waals surface area contributed by atoms with E-state index in [0.717, 1.165) is 18.3 Å². The van der Waals surface area contributed by atoms with Crippen molar-refractivity contribution < 1.29 is 4.42 Å². The van der Waals surface area contributed by atoms with Crippen molar-refractivity contribution in [1.29, 1.82) is 0 Å². The highest BCUT2D eigenvalue weighted by Gasteiger charge is 2.22. The van der Waals surface area contributed by atoms with Gasteiger partial charge in [-0.3, -0.25) is 4.99 Å². The van der Waals surface area contributed by atoms with E-state index < -0.39 is 0 Å². The SMILES string of the molecule is CN=C(NCC1CCc2ccccc21)N(C)Cc1ccco1. The van der Waals surface area contributed by atoms with Gasteiger partial charge in [-0.05, 0) is 36.1 Å². The summed E-state index contributed by atoms with van der Waals surface area (Å²) in [6.07, 6.45) is 4.10. The summed E-state index contributed by atoms with van der Waals surface area (Å²) in [6.45, 7) is 1.64. The zero-order valence-electron chi connectivity index (χ0n) is 13.2. The highest BCUT2D eigenvalue weighted by Crippen LogP contribution is 2.32. The molecule has 1 heterocycles. The van der Waals surface area contributed by atoms with Crippen molar-refractivity contribution in [2.24, 2.45) is 4.99 Å². The van der Waals surface area contributed by atoms with Crippen LogP contribution in [0.2, 0.25) is 0 Å². The molecule has 1 aliphatic carbocycles. The third-order valence-corrected chi connectivity index (χ3v) is 4.31. The Kier molecular flexibility index (Phi) is 4.47. The fraction of sp³-hybridized carbons (Fsp3) is 0.389. The van der Waals surface area contributed by atoms with Crippen LogP contribution in [0.3, 0.4) is 0 Å². The Morgan fingerprint density at radius 1 is 1.32 bits per heavy atom. The first-order chi connectivity index (χ1) is 10.8. The molecular formula is C18H23N3O. The van der Waals surface area contributed by atoms with Gasteiger partial charge in [-0.1, -0.05) is 24.3 Å². The number of furan rings is 1. The topological polar surface area (TPSA) is 40.8 Å². The summed E-state index contributed by atoms with van der Waals surface area (Å²) in [5.74, 6) is 2.42. The summed E-state index contributed by atoms with van der Waals surface area (Å²) in [5, 5.41) is 3.50. The van der Waals surface area contributed by atoms with E-state index in [1.165, 1.54) is 24.0 Å². The molecule has 22 heavy (non-hydrogen) atoms. The van der Waals surface area contributed by atoms with Gasteiger partial charge >= 0.3 is 0 Å². The molecule has 0 radical (unpaired) electrons. The number of aryl methyl sites for hydroxylation is 1. The Balaban J connectivity index is 1.58. The average Bonchev–Trinajstić information content (AvgIpc) is 3.18. The Morgan fingerprint density at radius 3 is 2.95 bits per heavy atom. The molecule has 4 heteroatoms. The first kappa shape index (κ1) is 14.7. The molecule has 0 spiro atoms. The summed E-state index contributed by atoms with van der Waals surface area (Å²) >= 11 is 0. The molecule has 1 aromatic heterocycles. The molecule has 1 aliphatic rings. The van der Waals surface area contributed by atoms with Gasteiger partial charge in [-0.2, -0.15) is 0 Å². The number of fused-ring (bicyclic) bond motifs is 1. The van der Waals surface area contributed by atoms with Crippen LogP contribution >= 0.6 is 0 Å². The smallest absolute Gasteiger partial charge is 0.193 e. The standard InChI is InChI=1S/C18H23N3O/c1-19-18(21(2)13-16-7-5-11-22-16)20-12-15-10-9-14-6-3-4-8-17(14)15/h3-8,11,15H,9-10,12-13H2,1-2H3,(H,19,20). The van der Waals surface area contributed by atoms with E-state index in [1.807, 2.05) is 26.2 Å². The van der Waals surface area contributed by atoms with Crippen LogP contribution in [-0.4, -0.2) is 31.5 Å². The van der Waals surface area contributed by atoms with Crippen molar-refractivity contribution in [2.45, 2.75) is 25.3 Å². The minimum Gasteiger partial charge on any atom is -0.467 e. The fourth-order valence-electron chi connectivity index (χ4n) is 3.17. The van der Waals surface area contributed by atoms with E-state index in [0.29, 0.717) is 12.5 Å². The lowest BCUT2D eigenvalue weighted by atomic mass is 10.0. The number of hydrogen-bond donors (Lipinski definition) is 1. The average molecular weight is 297 g/mol. The lowest BCUT2D eigenvalue weighted by Gasteiger charge is -2.23. The number of nitrogens with one attached hydrogen (secondary N) is 1. The maximum Gasteiger partial charge on any atom is 0.193 e. The molecule has 1 aromatic carbocycles. The van der Waals surface area contributed by atoms with Crippen molar-refractivity contribution in [3.05, 3.63) is 59.5 Å². The van der Waals surface area contributed by atoms with Gasteiger partial charge in [0.15, 0.2) is 5.96 Å². The lowest BCUT2D eigenvalue weighted by molar-refractivity contribution is 0.398. The van der Waals surface area contributed by atoms with Crippen molar-refractivity contribution >= 4 is 5.96 Å². The predicted molar refractivity (Wildman–Crippen MR) is 89.0 cm³/mol. The molecule has 1 N–H and O–H groups in total. The molecule has 0 aliphatic heterocycles. The van der Waals surface area contributed by atoms with Crippen LogP contribution in [0.25, 0.3) is 0 Å². The van der Waals surface area contributed by atoms with Crippen molar-refractivity contribution in [1.82, 2.24) is 10.2 Å². The Labute approximate surface area is 131 Å². The van der Waals surface area contributed by atoms with Crippen LogP contribution in [0.5, 0.6) is 0 Å². The highest BCUT2D eigenvalue weighted by atomic mass is 16.3. The second-order valence-corrected chi connectivity index (χ2v) is 5.80. The number of guanidine groups is 1. The van der Waals surface area contributed by atoms with Crippen molar-refractivity contribution in [2.75, 3.05) is 20.6 Å². The summed E-state index contributed by atoms with van der Waals surface area (Å²) in [7, 11) is 3.85. The molecule has 0 amide bonds. The summed E-state index contributed by atoms with van der Waals surface area (Å²) in [6, 6.07) is 12.7. The Morgan fingerprint density at radius 2 is 2.18 bits per heavy atom. The van der Waals surface area contributed by atoms with Gasteiger partial charge in [-0.15, -0.1) is 0 Å². The van der Waals surface area contributed by atoms with Gasteiger partial charge in [0.1, 0.15) is 5.76 Å². The minimum absolute atomic E-state index is 0.574. The van der Waals surface area contributed by atoms with Gasteiger partial charge in [0.25, 0.3) is 0 Å². The van der Waals surface area contributed by atoms with Gasteiger partial charge < -0.3 is 14.6 Å². The normalized spacial score (nSPS) is 17.4. The van der Waals surface area contributed by atoms with Crippen LogP contribution in [0.1, 0.15) is 29.2 Å². The monoisotopic (exact) mass is 297 g/mol. The molecule has 3 rings (SSSR count). The lowest BCUT2D eigenvalue weighted by Crippen LogP contribution is -2.40. The molecule has 0 saturated carbocycles. The number of aliphatic imine (C=N–C) groups is 1. The van der Waals surface area contributed by atoms with E-state index in [9.17, 15) is 0 Å². The van der Waals surface area contributed by atoms with Crippen LogP contribution in [0.15, 0.2) is 52.1 Å². The minimum atomic E-state index is 0.574. The van der Waals surface area contributed by atoms with Gasteiger partial charge in [0, 0.05) is 26.6 Å². The first-order valence-corrected chi connectivity index (χ1v) is 7.80. The molecule has 116 valence electrons. The van der Waals surface area contributed by atoms with Gasteiger partial charge in [0.2, 0.25) is 0 Å². The first-order valence-electron chi connectivity index (χ1n) is 7.80. The maximum atomic E-state index is 5.40. The molecule has 4 nitrogen and oxygen atoms in total. The number of hydrogen-bond acceptors (Lipinski definition) is 2. The molecular weight excluding hydrogens is 274 g/mol. The molecule has 0 fully saturated rings. The number of nitrogens with zero attached hydrogens (tertiary/aromatic N) is 2. The third-order valence-electron chi connectivity index (χ3n) is 4.31. The number of benzene rings is 1. The van der Waals surface area contributed by atoms with Crippen LogP contribution < -0.4 is 5.32 Å². The van der Waals surface area contributed by atoms with Gasteiger partial charge in [0.05, 0.1) is 12.8 Å². The third kappa shape index (κ3) is 3.16. The van der Waals surface area contributed by atoms with Crippen molar-refractivity contribution in [3.63, 3.8) is 0 Å². The second kappa shape index (κ2) is 6.69. The van der Waals surface area contributed by atoms with Crippen LogP contribution in [0.4, 0.5) is 0 Å². The van der Waals surface area contributed by atoms with Gasteiger partial charge in [-0.25, -0.2) is 0 Å². The van der Waals surface area contributed by atoms with Crippen molar-refractivity contribution in [3.8, 4) is 0 Å². The molecule has 1 unspecified atom stereocenters. The predicted octanol–water partition coefficient (Wildman–Crippen LogP) is 3.02. The summed E-state index contributed by atoms with van der Waals surface area (Å²) < 4.78 is 5.40. The zero-order chi connectivity index (χ0) is 15.4. The van der Waals surface area contributed by atoms with E-state index in [2.05, 4.69) is 39.5 Å².